The number of carboxylic acid groups (broad SMARTS) is 1. The van der Waals surface area contributed by atoms with E-state index in [2.05, 4.69) is 61.8 Å². The van der Waals surface area contributed by atoms with Crippen molar-refractivity contribution in [3.05, 3.63) is 58.4 Å². The largest absolute Gasteiger partial charge is 0.481 e. The molecule has 0 amide bonds. The average Bonchev–Trinajstić information content (AvgIpc) is 3.99. The van der Waals surface area contributed by atoms with Gasteiger partial charge in [-0.1, -0.05) is 68.6 Å². The molecule has 4 N–H and O–H groups in total. The van der Waals surface area contributed by atoms with Gasteiger partial charge in [-0.2, -0.15) is 9.97 Å². The standard InChI is InChI=1S/2C22H30N2O3.C20H28O4/c2*1-12-23-20(27-24-12)17-7-6-16-15-5-4-13-10-14(25)8-9-21(13,2)19(15)18(26)11-22(16,17)3;1-19-8-7-12(21)9-11(19)3-4-13-14-5-6-15(18(23)24)20(14,2)10-16(22)17(13)19/h2*10,15-19,26H,4-9,11H2,1-3H3;9,13-17,22H,3-8,10H2,1-2H3,(H,23,24)/t2*15-,16-,17+,18-,19+,21-,22-;13-,14-,15+,16-,17+,19-,20-/m000/s1. The number of carbonyl (C=O) groups is 4. The van der Waals surface area contributed by atoms with Crippen molar-refractivity contribution in [2.45, 2.75) is 220 Å². The Labute approximate surface area is 460 Å². The molecule has 2 aromatic rings. The Morgan fingerprint density at radius 2 is 0.821 bits per heavy atom. The minimum absolute atomic E-state index is 0.0155. The molecule has 0 aliphatic heterocycles. The molecule has 12 aliphatic rings. The van der Waals surface area contributed by atoms with E-state index in [1.165, 1.54) is 29.6 Å². The van der Waals surface area contributed by atoms with Crippen molar-refractivity contribution >= 4 is 23.3 Å². The lowest BCUT2D eigenvalue weighted by Gasteiger charge is -2.59. The van der Waals surface area contributed by atoms with E-state index in [1.54, 1.807) is 0 Å². The molecule has 21 atom stereocenters. The van der Waals surface area contributed by atoms with Gasteiger partial charge >= 0.3 is 5.97 Å². The van der Waals surface area contributed by atoms with Crippen molar-refractivity contribution in [2.24, 2.45) is 91.7 Å². The number of ketones is 3. The van der Waals surface area contributed by atoms with E-state index in [1.807, 2.05) is 32.1 Å². The van der Waals surface area contributed by atoms with Crippen LogP contribution in [0.5, 0.6) is 0 Å². The molecule has 0 spiro atoms. The number of hydrogen-bond acceptors (Lipinski definition) is 13. The highest BCUT2D eigenvalue weighted by molar-refractivity contribution is 5.92. The van der Waals surface area contributed by atoms with Gasteiger partial charge in [0.05, 0.1) is 24.2 Å². The molecule has 14 nitrogen and oxygen atoms in total. The third-order valence-corrected chi connectivity index (χ3v) is 25.7. The van der Waals surface area contributed by atoms with E-state index in [0.717, 1.165) is 108 Å². The van der Waals surface area contributed by atoms with Crippen molar-refractivity contribution < 1.29 is 48.7 Å². The van der Waals surface area contributed by atoms with Crippen LogP contribution < -0.4 is 0 Å². The molecule has 9 fully saturated rings. The van der Waals surface area contributed by atoms with Crippen LogP contribution in [0.3, 0.4) is 0 Å². The topological polar surface area (TPSA) is 227 Å². The highest BCUT2D eigenvalue weighted by Crippen LogP contribution is 2.71. The summed E-state index contributed by atoms with van der Waals surface area (Å²) >= 11 is 0. The second kappa shape index (κ2) is 19.2. The zero-order valence-electron chi connectivity index (χ0n) is 47.8. The summed E-state index contributed by atoms with van der Waals surface area (Å²) in [6, 6.07) is 0. The molecule has 0 aromatic carbocycles. The average molecular weight is 1070 g/mol. The molecule has 12 aliphatic carbocycles. The number of carboxylic acids is 1. The number of aliphatic hydroxyl groups is 3. The minimum atomic E-state index is -0.698. The first-order chi connectivity index (χ1) is 36.9. The number of rotatable bonds is 3. The molecule has 2 aromatic heterocycles. The number of hydrogen-bond donors (Lipinski definition) is 4. The van der Waals surface area contributed by atoms with Gasteiger partial charge in [0.1, 0.15) is 0 Å². The van der Waals surface area contributed by atoms with Crippen LogP contribution in [0, 0.1) is 106 Å². The Bertz CT molecular complexity index is 2710. The Hall–Kier alpha value is -4.14. The maximum atomic E-state index is 12.0. The first kappa shape index (κ1) is 54.4. The quantitative estimate of drug-likeness (QED) is 0.224. The summed E-state index contributed by atoms with van der Waals surface area (Å²) in [5.41, 5.74) is 3.45. The van der Waals surface area contributed by atoms with E-state index in [0.29, 0.717) is 72.8 Å². The third kappa shape index (κ3) is 8.27. The third-order valence-electron chi connectivity index (χ3n) is 25.7. The summed E-state index contributed by atoms with van der Waals surface area (Å²) in [5, 5.41) is 51.5. The Kier molecular flexibility index (Phi) is 13.4. The molecule has 9 saturated carbocycles. The smallest absolute Gasteiger partial charge is 0.307 e. The number of fused-ring (bicyclic) bond motifs is 15. The van der Waals surface area contributed by atoms with Gasteiger partial charge in [-0.25, -0.2) is 0 Å². The summed E-state index contributed by atoms with van der Waals surface area (Å²) in [6.45, 7) is 17.4. The van der Waals surface area contributed by atoms with E-state index in [9.17, 15) is 39.6 Å². The van der Waals surface area contributed by atoms with E-state index in [4.69, 9.17) is 9.05 Å². The van der Waals surface area contributed by atoms with Crippen LogP contribution in [0.25, 0.3) is 0 Å². The second-order valence-electron chi connectivity index (χ2n) is 29.1. The zero-order valence-corrected chi connectivity index (χ0v) is 47.8. The lowest BCUT2D eigenvalue weighted by atomic mass is 9.46. The van der Waals surface area contributed by atoms with E-state index >= 15 is 0 Å². The van der Waals surface area contributed by atoms with Gasteiger partial charge in [0, 0.05) is 31.1 Å². The summed E-state index contributed by atoms with van der Waals surface area (Å²) in [7, 11) is 0. The van der Waals surface area contributed by atoms with Crippen LogP contribution in [0.4, 0.5) is 0 Å². The van der Waals surface area contributed by atoms with Crippen molar-refractivity contribution in [1.82, 2.24) is 20.3 Å². The molecule has 0 saturated heterocycles. The molecular formula is C64H88N4O10. The Morgan fingerprint density at radius 3 is 1.15 bits per heavy atom. The lowest BCUT2D eigenvalue weighted by molar-refractivity contribution is -0.158. The summed E-state index contributed by atoms with van der Waals surface area (Å²) in [6.07, 6.45) is 23.5. The maximum Gasteiger partial charge on any atom is 0.307 e. The van der Waals surface area contributed by atoms with Gasteiger partial charge in [0.15, 0.2) is 29.0 Å². The normalized spacial score (nSPS) is 47.7. The van der Waals surface area contributed by atoms with Gasteiger partial charge in [-0.15, -0.1) is 0 Å². The molecule has 14 heteroatoms. The highest BCUT2D eigenvalue weighted by Gasteiger charge is 2.66. The molecule has 424 valence electrons. The molecule has 0 radical (unpaired) electrons. The predicted molar refractivity (Wildman–Crippen MR) is 289 cm³/mol. The monoisotopic (exact) mass is 1070 g/mol. The molecule has 0 unspecified atom stereocenters. The zero-order chi connectivity index (χ0) is 55.2. The van der Waals surface area contributed by atoms with Crippen LogP contribution in [0.2, 0.25) is 0 Å². The van der Waals surface area contributed by atoms with Crippen LogP contribution in [-0.2, 0) is 19.2 Å². The van der Waals surface area contributed by atoms with Gasteiger partial charge in [-0.3, -0.25) is 19.2 Å². The fourth-order valence-corrected chi connectivity index (χ4v) is 22.2. The fourth-order valence-electron chi connectivity index (χ4n) is 22.2. The van der Waals surface area contributed by atoms with Crippen LogP contribution in [0.1, 0.15) is 212 Å². The van der Waals surface area contributed by atoms with Crippen molar-refractivity contribution in [3.63, 3.8) is 0 Å². The van der Waals surface area contributed by atoms with Crippen LogP contribution in [0.15, 0.2) is 44.0 Å². The number of allylic oxidation sites excluding steroid dienone is 3. The predicted octanol–water partition coefficient (Wildman–Crippen LogP) is 11.1. The minimum Gasteiger partial charge on any atom is -0.481 e. The van der Waals surface area contributed by atoms with Gasteiger partial charge in [0.25, 0.3) is 0 Å². The summed E-state index contributed by atoms with van der Waals surface area (Å²) < 4.78 is 11.1. The lowest BCUT2D eigenvalue weighted by Crippen LogP contribution is -2.57. The summed E-state index contributed by atoms with van der Waals surface area (Å²) in [5.74, 6) is 6.83. The number of carbonyl (C=O) groups excluding carboxylic acids is 3. The van der Waals surface area contributed by atoms with Gasteiger partial charge in [-0.05, 0) is 233 Å². The number of aromatic nitrogens is 4. The molecule has 2 heterocycles. The number of aliphatic hydroxyl groups excluding tert-OH is 3. The number of aliphatic carboxylic acids is 1. The number of nitrogens with zero attached hydrogens (tertiary/aromatic N) is 4. The van der Waals surface area contributed by atoms with Gasteiger partial charge < -0.3 is 29.5 Å². The molecular weight excluding hydrogens is 985 g/mol. The highest BCUT2D eigenvalue weighted by atomic mass is 16.5. The molecule has 14 rings (SSSR count). The van der Waals surface area contributed by atoms with Crippen LogP contribution in [-0.4, -0.2) is 82.3 Å². The Morgan fingerprint density at radius 1 is 0.487 bits per heavy atom. The SMILES string of the molecule is C[C@]12C[C@H](O)[C@H]3[C@@H](CCC4=CC(=O)CC[C@@]43C)[C@@H]1CC[C@@H]2C(=O)O.Cc1noc([C@H]2CC[C@H]3[C@@H]4CCC5=CC(=O)CC[C@]5(C)[C@H]4[C@@H](O)C[C@]23C)n1.Cc1noc([C@H]2CC[C@H]3[C@@H]4CCC5=CC(=O)CC[C@]5(C)[C@H]4[C@@H](O)C[C@]23C)n1. The summed E-state index contributed by atoms with van der Waals surface area (Å²) in [4.78, 5) is 56.6. The molecule has 78 heavy (non-hydrogen) atoms. The first-order valence-electron chi connectivity index (χ1n) is 30.5. The molecule has 0 bridgehead atoms. The fraction of sp³-hybridized carbons (Fsp3) is 0.781. The maximum absolute atomic E-state index is 12.0. The van der Waals surface area contributed by atoms with Gasteiger partial charge in [0.2, 0.25) is 11.8 Å². The van der Waals surface area contributed by atoms with Crippen molar-refractivity contribution in [3.8, 4) is 0 Å². The van der Waals surface area contributed by atoms with E-state index < -0.39 is 12.1 Å². The Balaban J connectivity index is 0.000000117. The van der Waals surface area contributed by atoms with Crippen LogP contribution >= 0.6 is 0 Å². The second-order valence-corrected chi connectivity index (χ2v) is 29.1. The first-order valence-corrected chi connectivity index (χ1v) is 30.5. The van der Waals surface area contributed by atoms with E-state index in [-0.39, 0.29) is 97.6 Å². The number of aryl methyl sites for hydroxylation is 2. The van der Waals surface area contributed by atoms with Crippen molar-refractivity contribution in [2.75, 3.05) is 0 Å². The van der Waals surface area contributed by atoms with Crippen molar-refractivity contribution in [1.29, 1.82) is 0 Å².